The van der Waals surface area contributed by atoms with Gasteiger partial charge in [0.1, 0.15) is 6.54 Å². The van der Waals surface area contributed by atoms with E-state index in [1.165, 1.54) is 6.92 Å². The second kappa shape index (κ2) is 10.2. The zero-order valence-corrected chi connectivity index (χ0v) is 18.2. The van der Waals surface area contributed by atoms with Gasteiger partial charge >= 0.3 is 11.7 Å². The van der Waals surface area contributed by atoms with Crippen LogP contribution in [-0.4, -0.2) is 100 Å². The summed E-state index contributed by atoms with van der Waals surface area (Å²) in [6.45, 7) is 3.02. The Bertz CT molecular complexity index is 1040. The van der Waals surface area contributed by atoms with Crippen molar-refractivity contribution < 1.29 is 27.7 Å². The van der Waals surface area contributed by atoms with Crippen molar-refractivity contribution in [3.63, 3.8) is 0 Å². The van der Waals surface area contributed by atoms with Crippen molar-refractivity contribution in [2.45, 2.75) is 26.1 Å². The quantitative estimate of drug-likeness (QED) is 0.322. The summed E-state index contributed by atoms with van der Waals surface area (Å²) in [6, 6.07) is -1.18. The lowest BCUT2D eigenvalue weighted by molar-refractivity contribution is -0.137. The molecule has 1 unspecified atom stereocenters. The van der Waals surface area contributed by atoms with Gasteiger partial charge in [-0.05, 0) is 14.0 Å². The molecule has 2 heterocycles. The highest BCUT2D eigenvalue weighted by molar-refractivity contribution is 7.85. The van der Waals surface area contributed by atoms with Gasteiger partial charge in [0.15, 0.2) is 0 Å². The zero-order chi connectivity index (χ0) is 23.3. The van der Waals surface area contributed by atoms with Crippen LogP contribution >= 0.6 is 0 Å². The van der Waals surface area contributed by atoms with Gasteiger partial charge in [-0.25, -0.2) is 9.36 Å². The third-order valence-corrected chi connectivity index (χ3v) is 5.68. The Morgan fingerprint density at radius 3 is 2.32 bits per heavy atom. The molecule has 0 bridgehead atoms. The molecule has 1 aromatic heterocycles. The minimum Gasteiger partial charge on any atom is -0.480 e. The maximum absolute atomic E-state index is 12.5. The summed E-state index contributed by atoms with van der Waals surface area (Å²) >= 11 is 0. The summed E-state index contributed by atoms with van der Waals surface area (Å²) in [5, 5.41) is 11.4. The average molecular weight is 461 g/mol. The standard InChI is InChI=1S/C17H27N5O8S/c1-12-7-21(17(27)22(16(12)26)10-15(24)25)8-13(11-31(28,29)30)18-14(23)9-20-5-3-19(2)4-6-20/h7,13H,3-6,8-11H2,1-2H3,(H,18,23)(H,24,25)(H,28,29,30). The number of aliphatic carboxylic acids is 1. The summed E-state index contributed by atoms with van der Waals surface area (Å²) in [5.41, 5.74) is -1.68. The number of amides is 1. The van der Waals surface area contributed by atoms with Crippen molar-refractivity contribution in [2.24, 2.45) is 0 Å². The number of aryl methyl sites for hydroxylation is 1. The molecule has 0 spiro atoms. The molecule has 174 valence electrons. The highest BCUT2D eigenvalue weighted by Gasteiger charge is 2.23. The van der Waals surface area contributed by atoms with Crippen molar-refractivity contribution in [1.82, 2.24) is 24.3 Å². The maximum Gasteiger partial charge on any atom is 0.331 e. The Labute approximate surface area is 178 Å². The number of rotatable bonds is 9. The number of carboxylic acid groups (broad SMARTS) is 1. The van der Waals surface area contributed by atoms with E-state index in [-0.39, 0.29) is 18.7 Å². The third-order valence-electron chi connectivity index (χ3n) is 4.86. The van der Waals surface area contributed by atoms with Crippen LogP contribution in [0.3, 0.4) is 0 Å². The number of piperazine rings is 1. The Morgan fingerprint density at radius 2 is 1.77 bits per heavy atom. The molecule has 1 aliphatic rings. The molecule has 1 aromatic rings. The molecule has 3 N–H and O–H groups in total. The van der Waals surface area contributed by atoms with E-state index in [1.54, 1.807) is 0 Å². The molecule has 14 heteroatoms. The van der Waals surface area contributed by atoms with Gasteiger partial charge in [-0.3, -0.25) is 28.4 Å². The number of carbonyl (C=O) groups excluding carboxylic acids is 1. The molecule has 0 aliphatic carbocycles. The number of hydrogen-bond donors (Lipinski definition) is 3. The summed E-state index contributed by atoms with van der Waals surface area (Å²) < 4.78 is 33.6. The normalized spacial score (nSPS) is 16.7. The minimum atomic E-state index is -4.50. The lowest BCUT2D eigenvalue weighted by atomic mass is 10.3. The number of carbonyl (C=O) groups is 2. The molecule has 0 saturated carbocycles. The van der Waals surface area contributed by atoms with Gasteiger partial charge in [0, 0.05) is 44.5 Å². The molecule has 1 fully saturated rings. The van der Waals surface area contributed by atoms with Crippen molar-refractivity contribution in [2.75, 3.05) is 45.5 Å². The first-order valence-corrected chi connectivity index (χ1v) is 11.1. The van der Waals surface area contributed by atoms with E-state index >= 15 is 0 Å². The number of aromatic nitrogens is 2. The molecule has 1 atom stereocenters. The molecule has 31 heavy (non-hydrogen) atoms. The van der Waals surface area contributed by atoms with Gasteiger partial charge in [-0.15, -0.1) is 0 Å². The molecule has 0 radical (unpaired) electrons. The molecule has 1 aliphatic heterocycles. The lowest BCUT2D eigenvalue weighted by Gasteiger charge is -2.32. The van der Waals surface area contributed by atoms with Crippen LogP contribution in [0.15, 0.2) is 15.8 Å². The van der Waals surface area contributed by atoms with Gasteiger partial charge in [0.25, 0.3) is 15.7 Å². The van der Waals surface area contributed by atoms with E-state index in [2.05, 4.69) is 10.2 Å². The van der Waals surface area contributed by atoms with Gasteiger partial charge in [0.2, 0.25) is 5.91 Å². The van der Waals surface area contributed by atoms with E-state index in [9.17, 15) is 32.1 Å². The predicted molar refractivity (Wildman–Crippen MR) is 110 cm³/mol. The first-order valence-electron chi connectivity index (χ1n) is 9.54. The van der Waals surface area contributed by atoms with Gasteiger partial charge in [0.05, 0.1) is 18.3 Å². The van der Waals surface area contributed by atoms with Crippen LogP contribution in [0.4, 0.5) is 0 Å². The van der Waals surface area contributed by atoms with Gasteiger partial charge in [-0.1, -0.05) is 0 Å². The highest BCUT2D eigenvalue weighted by Crippen LogP contribution is 2.01. The Balaban J connectivity index is 2.22. The van der Waals surface area contributed by atoms with E-state index < -0.39 is 51.6 Å². The second-order valence-electron chi connectivity index (χ2n) is 7.62. The fraction of sp³-hybridized carbons (Fsp3) is 0.647. The molecule has 0 aromatic carbocycles. The maximum atomic E-state index is 12.5. The number of likely N-dealkylation sites (N-methyl/N-ethyl adjacent to an activating group) is 1. The van der Waals surface area contributed by atoms with Crippen LogP contribution in [0.2, 0.25) is 0 Å². The van der Waals surface area contributed by atoms with Crippen LogP contribution in [0.25, 0.3) is 0 Å². The van der Waals surface area contributed by atoms with E-state index in [0.717, 1.165) is 23.9 Å². The molecule has 13 nitrogen and oxygen atoms in total. The Hall–Kier alpha value is -2.55. The smallest absolute Gasteiger partial charge is 0.331 e. The predicted octanol–water partition coefficient (Wildman–Crippen LogP) is -2.98. The van der Waals surface area contributed by atoms with E-state index in [1.807, 2.05) is 11.9 Å². The lowest BCUT2D eigenvalue weighted by Crippen LogP contribution is -2.52. The largest absolute Gasteiger partial charge is 0.480 e. The SMILES string of the molecule is Cc1cn(CC(CS(=O)(=O)O)NC(=O)CN2CCN(C)CC2)c(=O)n(CC(=O)O)c1=O. The topological polar surface area (TPSA) is 171 Å². The van der Waals surface area contributed by atoms with Crippen LogP contribution in [0.5, 0.6) is 0 Å². The number of nitrogens with one attached hydrogen (secondary N) is 1. The van der Waals surface area contributed by atoms with Crippen molar-refractivity contribution >= 4 is 22.0 Å². The fourth-order valence-electron chi connectivity index (χ4n) is 3.32. The summed E-state index contributed by atoms with van der Waals surface area (Å²) in [5.74, 6) is -2.74. The van der Waals surface area contributed by atoms with Crippen molar-refractivity contribution in [3.8, 4) is 0 Å². The Kier molecular flexibility index (Phi) is 8.11. The number of carboxylic acids is 1. The van der Waals surface area contributed by atoms with Crippen LogP contribution in [-0.2, 0) is 32.8 Å². The average Bonchev–Trinajstić information content (AvgIpc) is 2.63. The van der Waals surface area contributed by atoms with Crippen LogP contribution in [0, 0.1) is 6.92 Å². The second-order valence-corrected chi connectivity index (χ2v) is 9.12. The minimum absolute atomic E-state index is 0.0161. The first kappa shape index (κ1) is 24.7. The number of hydrogen-bond acceptors (Lipinski definition) is 8. The fourth-order valence-corrected chi connectivity index (χ4v) is 4.02. The summed E-state index contributed by atoms with van der Waals surface area (Å²) in [4.78, 5) is 52.0. The van der Waals surface area contributed by atoms with Gasteiger partial charge < -0.3 is 15.3 Å². The number of nitrogens with zero attached hydrogens (tertiary/aromatic N) is 4. The van der Waals surface area contributed by atoms with E-state index in [0.29, 0.717) is 17.7 Å². The summed E-state index contributed by atoms with van der Waals surface area (Å²) in [6.07, 6.45) is 1.16. The first-order chi connectivity index (χ1) is 14.4. The zero-order valence-electron chi connectivity index (χ0n) is 17.4. The molecule has 1 saturated heterocycles. The monoisotopic (exact) mass is 461 g/mol. The molecular formula is C17H27N5O8S. The molecule has 1 amide bonds. The van der Waals surface area contributed by atoms with Crippen LogP contribution in [0.1, 0.15) is 5.56 Å². The Morgan fingerprint density at radius 1 is 1.16 bits per heavy atom. The third kappa shape index (κ3) is 7.57. The van der Waals surface area contributed by atoms with Gasteiger partial charge in [-0.2, -0.15) is 8.42 Å². The summed E-state index contributed by atoms with van der Waals surface area (Å²) in [7, 11) is -2.54. The van der Waals surface area contributed by atoms with Crippen LogP contribution < -0.4 is 16.6 Å². The molecule has 2 rings (SSSR count). The molecular weight excluding hydrogens is 434 g/mol. The van der Waals surface area contributed by atoms with E-state index in [4.69, 9.17) is 5.11 Å². The van der Waals surface area contributed by atoms with Crippen molar-refractivity contribution in [3.05, 3.63) is 32.6 Å². The van der Waals surface area contributed by atoms with Crippen molar-refractivity contribution in [1.29, 1.82) is 0 Å². The highest BCUT2D eigenvalue weighted by atomic mass is 32.2.